The van der Waals surface area contributed by atoms with Crippen LogP contribution in [-0.2, 0) is 19.4 Å². The SMILES string of the molecule is C[C@@H](CN)NCc1cc2c(s1)CCC2. The third kappa shape index (κ3) is 2.16. The molecule has 0 saturated heterocycles. The first-order valence-electron chi connectivity index (χ1n) is 5.33. The van der Waals surface area contributed by atoms with Crippen LogP contribution in [0.1, 0.15) is 28.7 Å². The molecule has 3 heteroatoms. The van der Waals surface area contributed by atoms with Crippen LogP contribution in [0.25, 0.3) is 0 Å². The summed E-state index contributed by atoms with van der Waals surface area (Å²) in [7, 11) is 0. The van der Waals surface area contributed by atoms with Gasteiger partial charge in [0.1, 0.15) is 0 Å². The molecule has 2 rings (SSSR count). The summed E-state index contributed by atoms with van der Waals surface area (Å²) in [6.07, 6.45) is 3.94. The zero-order valence-corrected chi connectivity index (χ0v) is 9.49. The van der Waals surface area contributed by atoms with Gasteiger partial charge in [0.25, 0.3) is 0 Å². The van der Waals surface area contributed by atoms with E-state index in [0.717, 1.165) is 6.54 Å². The quantitative estimate of drug-likeness (QED) is 0.793. The van der Waals surface area contributed by atoms with Crippen molar-refractivity contribution < 1.29 is 0 Å². The van der Waals surface area contributed by atoms with Crippen molar-refractivity contribution in [3.05, 3.63) is 21.4 Å². The molecule has 1 aromatic rings. The molecule has 0 aliphatic heterocycles. The Labute approximate surface area is 89.5 Å². The Hall–Kier alpha value is -0.380. The van der Waals surface area contributed by atoms with E-state index in [0.29, 0.717) is 12.6 Å². The first-order chi connectivity index (χ1) is 6.79. The molecule has 0 fully saturated rings. The molecule has 0 bridgehead atoms. The van der Waals surface area contributed by atoms with Gasteiger partial charge in [-0.25, -0.2) is 0 Å². The van der Waals surface area contributed by atoms with Crippen molar-refractivity contribution >= 4 is 11.3 Å². The second-order valence-corrected chi connectivity index (χ2v) is 5.25. The van der Waals surface area contributed by atoms with E-state index in [1.807, 2.05) is 11.3 Å². The second-order valence-electron chi connectivity index (χ2n) is 4.03. The molecule has 1 atom stereocenters. The highest BCUT2D eigenvalue weighted by Crippen LogP contribution is 2.30. The molecule has 78 valence electrons. The van der Waals surface area contributed by atoms with Gasteiger partial charge in [0, 0.05) is 28.9 Å². The van der Waals surface area contributed by atoms with E-state index >= 15 is 0 Å². The Morgan fingerprint density at radius 3 is 3.14 bits per heavy atom. The van der Waals surface area contributed by atoms with Gasteiger partial charge in [-0.3, -0.25) is 0 Å². The van der Waals surface area contributed by atoms with Crippen LogP contribution >= 0.6 is 11.3 Å². The van der Waals surface area contributed by atoms with E-state index in [-0.39, 0.29) is 0 Å². The number of rotatable bonds is 4. The van der Waals surface area contributed by atoms with Gasteiger partial charge in [0.2, 0.25) is 0 Å². The van der Waals surface area contributed by atoms with Gasteiger partial charge in [-0.2, -0.15) is 0 Å². The highest BCUT2D eigenvalue weighted by molar-refractivity contribution is 7.12. The van der Waals surface area contributed by atoms with Crippen molar-refractivity contribution in [2.45, 2.75) is 38.8 Å². The Bertz CT molecular complexity index is 285. The Morgan fingerprint density at radius 1 is 1.57 bits per heavy atom. The van der Waals surface area contributed by atoms with Crippen LogP contribution in [0.5, 0.6) is 0 Å². The van der Waals surface area contributed by atoms with Crippen LogP contribution in [0.3, 0.4) is 0 Å². The predicted octanol–water partition coefficient (Wildman–Crippen LogP) is 1.67. The molecule has 14 heavy (non-hydrogen) atoms. The van der Waals surface area contributed by atoms with Crippen LogP contribution in [0.15, 0.2) is 6.07 Å². The van der Waals surface area contributed by atoms with Crippen molar-refractivity contribution in [1.29, 1.82) is 0 Å². The second kappa shape index (κ2) is 4.43. The average Bonchev–Trinajstić information content (AvgIpc) is 2.73. The van der Waals surface area contributed by atoms with Crippen LogP contribution in [-0.4, -0.2) is 12.6 Å². The van der Waals surface area contributed by atoms with Gasteiger partial charge < -0.3 is 11.1 Å². The molecule has 0 aromatic carbocycles. The summed E-state index contributed by atoms with van der Waals surface area (Å²) >= 11 is 1.97. The highest BCUT2D eigenvalue weighted by atomic mass is 32.1. The topological polar surface area (TPSA) is 38.0 Å². The standard InChI is InChI=1S/C11H18N2S/c1-8(6-12)13-7-10-5-9-3-2-4-11(9)14-10/h5,8,13H,2-4,6-7,12H2,1H3/t8-/m0/s1. The third-order valence-corrected chi connectivity index (χ3v) is 4.01. The van der Waals surface area contributed by atoms with Crippen LogP contribution in [0.2, 0.25) is 0 Å². The molecule has 0 amide bonds. The van der Waals surface area contributed by atoms with Crippen molar-refractivity contribution in [1.82, 2.24) is 5.32 Å². The lowest BCUT2D eigenvalue weighted by Crippen LogP contribution is -2.32. The molecule has 3 N–H and O–H groups in total. The summed E-state index contributed by atoms with van der Waals surface area (Å²) in [4.78, 5) is 3.08. The number of nitrogens with one attached hydrogen (secondary N) is 1. The van der Waals surface area contributed by atoms with E-state index in [9.17, 15) is 0 Å². The highest BCUT2D eigenvalue weighted by Gasteiger charge is 2.14. The normalized spacial score (nSPS) is 17.0. The van der Waals surface area contributed by atoms with E-state index < -0.39 is 0 Å². The zero-order chi connectivity index (χ0) is 9.97. The summed E-state index contributed by atoms with van der Waals surface area (Å²) in [6.45, 7) is 3.82. The molecule has 1 aromatic heterocycles. The fourth-order valence-electron chi connectivity index (χ4n) is 1.84. The molecule has 0 unspecified atom stereocenters. The number of fused-ring (bicyclic) bond motifs is 1. The van der Waals surface area contributed by atoms with Crippen molar-refractivity contribution in [2.75, 3.05) is 6.54 Å². The molecule has 2 nitrogen and oxygen atoms in total. The summed E-state index contributed by atoms with van der Waals surface area (Å²) in [6, 6.07) is 2.79. The zero-order valence-electron chi connectivity index (χ0n) is 8.68. The van der Waals surface area contributed by atoms with E-state index in [1.165, 1.54) is 24.1 Å². The number of hydrogen-bond donors (Lipinski definition) is 2. The third-order valence-electron chi connectivity index (χ3n) is 2.78. The number of hydrogen-bond acceptors (Lipinski definition) is 3. The first kappa shape index (κ1) is 10.1. The van der Waals surface area contributed by atoms with Crippen molar-refractivity contribution in [3.63, 3.8) is 0 Å². The monoisotopic (exact) mass is 210 g/mol. The van der Waals surface area contributed by atoms with Crippen molar-refractivity contribution in [2.24, 2.45) is 5.73 Å². The van der Waals surface area contributed by atoms with Crippen LogP contribution in [0, 0.1) is 0 Å². The van der Waals surface area contributed by atoms with Gasteiger partial charge >= 0.3 is 0 Å². The van der Waals surface area contributed by atoms with Gasteiger partial charge in [-0.15, -0.1) is 11.3 Å². The number of thiophene rings is 1. The van der Waals surface area contributed by atoms with E-state index in [2.05, 4.69) is 18.3 Å². The fourth-order valence-corrected chi connectivity index (χ4v) is 3.05. The minimum atomic E-state index is 0.423. The molecular weight excluding hydrogens is 192 g/mol. The van der Waals surface area contributed by atoms with Gasteiger partial charge in [0.15, 0.2) is 0 Å². The van der Waals surface area contributed by atoms with E-state index in [1.54, 1.807) is 10.4 Å². The lowest BCUT2D eigenvalue weighted by molar-refractivity contribution is 0.560. The summed E-state index contributed by atoms with van der Waals surface area (Å²) in [5, 5.41) is 3.42. The minimum Gasteiger partial charge on any atom is -0.329 e. The molecule has 0 spiro atoms. The molecule has 0 saturated carbocycles. The lowest BCUT2D eigenvalue weighted by atomic mass is 10.2. The largest absolute Gasteiger partial charge is 0.329 e. The first-order valence-corrected chi connectivity index (χ1v) is 6.15. The molecule has 1 aliphatic carbocycles. The summed E-state index contributed by atoms with van der Waals surface area (Å²) in [5.74, 6) is 0. The van der Waals surface area contributed by atoms with Gasteiger partial charge in [-0.1, -0.05) is 0 Å². The van der Waals surface area contributed by atoms with Crippen LogP contribution < -0.4 is 11.1 Å². The summed E-state index contributed by atoms with van der Waals surface area (Å²) in [5.41, 5.74) is 7.14. The maximum absolute atomic E-state index is 5.55. The smallest absolute Gasteiger partial charge is 0.0302 e. The number of aryl methyl sites for hydroxylation is 2. The van der Waals surface area contributed by atoms with Gasteiger partial charge in [0.05, 0.1) is 0 Å². The Kier molecular flexibility index (Phi) is 3.21. The molecule has 1 heterocycles. The van der Waals surface area contributed by atoms with E-state index in [4.69, 9.17) is 5.73 Å². The maximum Gasteiger partial charge on any atom is 0.0302 e. The lowest BCUT2D eigenvalue weighted by Gasteiger charge is -2.09. The Morgan fingerprint density at radius 2 is 2.43 bits per heavy atom. The Balaban J connectivity index is 1.91. The number of nitrogens with two attached hydrogens (primary N) is 1. The molecular formula is C11H18N2S. The van der Waals surface area contributed by atoms with Crippen LogP contribution in [0.4, 0.5) is 0 Å². The fraction of sp³-hybridized carbons (Fsp3) is 0.636. The maximum atomic E-state index is 5.55. The van der Waals surface area contributed by atoms with Crippen molar-refractivity contribution in [3.8, 4) is 0 Å². The molecule has 0 radical (unpaired) electrons. The summed E-state index contributed by atoms with van der Waals surface area (Å²) < 4.78 is 0. The van der Waals surface area contributed by atoms with Gasteiger partial charge in [-0.05, 0) is 37.8 Å². The minimum absolute atomic E-state index is 0.423. The average molecular weight is 210 g/mol. The molecule has 1 aliphatic rings. The predicted molar refractivity (Wildman–Crippen MR) is 61.7 cm³/mol.